The molecule has 1 saturated carbocycles. The summed E-state index contributed by atoms with van der Waals surface area (Å²) in [6, 6.07) is 2.36. The molecule has 2 fully saturated rings. The second kappa shape index (κ2) is 2.25. The van der Waals surface area contributed by atoms with Crippen LogP contribution in [0.5, 0.6) is 0 Å². The summed E-state index contributed by atoms with van der Waals surface area (Å²) in [5.74, 6) is 0.873. The van der Waals surface area contributed by atoms with E-state index < -0.39 is 0 Å². The zero-order valence-corrected chi connectivity index (χ0v) is 5.92. The van der Waals surface area contributed by atoms with Crippen LogP contribution in [0.3, 0.4) is 0 Å². The highest BCUT2D eigenvalue weighted by molar-refractivity contribution is 4.98. The summed E-state index contributed by atoms with van der Waals surface area (Å²) in [6.45, 7) is 0.906. The Labute approximate surface area is 60.8 Å². The Balaban J connectivity index is 1.99. The first-order chi connectivity index (χ1) is 4.92. The highest BCUT2D eigenvalue weighted by Crippen LogP contribution is 2.38. The Morgan fingerprint density at radius 1 is 1.40 bits per heavy atom. The first-order valence-corrected chi connectivity index (χ1v) is 3.93. The molecule has 1 aliphatic heterocycles. The average Bonchev–Trinajstić information content (AvgIpc) is 2.69. The fraction of sp³-hybridized carbons (Fsp3) is 0.875. The minimum atomic E-state index is 0.299. The van der Waals surface area contributed by atoms with E-state index in [0.29, 0.717) is 17.9 Å². The molecule has 0 spiro atoms. The van der Waals surface area contributed by atoms with Crippen molar-refractivity contribution < 1.29 is 4.74 Å². The monoisotopic (exact) mass is 137 g/mol. The van der Waals surface area contributed by atoms with Crippen LogP contribution in [0.4, 0.5) is 0 Å². The Morgan fingerprint density at radius 3 is 2.80 bits per heavy atom. The molecule has 0 aromatic rings. The van der Waals surface area contributed by atoms with Crippen molar-refractivity contribution in [3.05, 3.63) is 0 Å². The molecule has 3 unspecified atom stereocenters. The van der Waals surface area contributed by atoms with Gasteiger partial charge in [-0.1, -0.05) is 6.42 Å². The largest absolute Gasteiger partial charge is 0.373 e. The van der Waals surface area contributed by atoms with Crippen molar-refractivity contribution in [2.24, 2.45) is 11.8 Å². The fourth-order valence-corrected chi connectivity index (χ4v) is 1.90. The SMILES string of the molecule is N#CC1CCCC1C1CO1. The summed E-state index contributed by atoms with van der Waals surface area (Å²) in [7, 11) is 0. The van der Waals surface area contributed by atoms with Gasteiger partial charge in [-0.05, 0) is 12.8 Å². The van der Waals surface area contributed by atoms with E-state index in [1.807, 2.05) is 0 Å². The van der Waals surface area contributed by atoms with Gasteiger partial charge in [0.2, 0.25) is 0 Å². The number of hydrogen-bond acceptors (Lipinski definition) is 2. The molecule has 0 radical (unpaired) electrons. The van der Waals surface area contributed by atoms with E-state index in [9.17, 15) is 0 Å². The molecule has 0 N–H and O–H groups in total. The van der Waals surface area contributed by atoms with Crippen LogP contribution in [0, 0.1) is 23.2 Å². The molecule has 2 heteroatoms. The first kappa shape index (κ1) is 6.18. The van der Waals surface area contributed by atoms with Gasteiger partial charge < -0.3 is 4.74 Å². The molecule has 1 saturated heterocycles. The summed E-state index contributed by atoms with van der Waals surface area (Å²) < 4.78 is 5.17. The average molecular weight is 137 g/mol. The normalized spacial score (nSPS) is 44.9. The topological polar surface area (TPSA) is 36.3 Å². The molecular formula is C8H11NO. The van der Waals surface area contributed by atoms with Gasteiger partial charge >= 0.3 is 0 Å². The van der Waals surface area contributed by atoms with Crippen molar-refractivity contribution in [3.63, 3.8) is 0 Å². The van der Waals surface area contributed by atoms with Crippen molar-refractivity contribution in [1.82, 2.24) is 0 Å². The van der Waals surface area contributed by atoms with Crippen LogP contribution in [0.15, 0.2) is 0 Å². The number of rotatable bonds is 1. The van der Waals surface area contributed by atoms with Crippen LogP contribution in [-0.4, -0.2) is 12.7 Å². The van der Waals surface area contributed by atoms with Crippen molar-refractivity contribution in [3.8, 4) is 6.07 Å². The van der Waals surface area contributed by atoms with Crippen LogP contribution < -0.4 is 0 Å². The van der Waals surface area contributed by atoms with Gasteiger partial charge in [-0.25, -0.2) is 0 Å². The smallest absolute Gasteiger partial charge is 0.0850 e. The molecule has 1 aliphatic carbocycles. The summed E-state index contributed by atoms with van der Waals surface area (Å²) in [6.07, 6.45) is 3.99. The van der Waals surface area contributed by atoms with Crippen LogP contribution in [0.1, 0.15) is 19.3 Å². The van der Waals surface area contributed by atoms with Crippen molar-refractivity contribution in [2.75, 3.05) is 6.61 Å². The lowest BCUT2D eigenvalue weighted by atomic mass is 9.95. The standard InChI is InChI=1S/C8H11NO/c9-4-6-2-1-3-7(6)8-5-10-8/h6-8H,1-3,5H2. The molecule has 54 valence electrons. The third-order valence-electron chi connectivity index (χ3n) is 2.57. The minimum absolute atomic E-state index is 0.299. The van der Waals surface area contributed by atoms with E-state index >= 15 is 0 Å². The minimum Gasteiger partial charge on any atom is -0.373 e. The summed E-state index contributed by atoms with van der Waals surface area (Å²) >= 11 is 0. The Kier molecular flexibility index (Phi) is 1.39. The van der Waals surface area contributed by atoms with Crippen molar-refractivity contribution in [2.45, 2.75) is 25.4 Å². The van der Waals surface area contributed by atoms with E-state index in [4.69, 9.17) is 10.00 Å². The van der Waals surface area contributed by atoms with Gasteiger partial charge in [-0.15, -0.1) is 0 Å². The van der Waals surface area contributed by atoms with Gasteiger partial charge in [0.25, 0.3) is 0 Å². The van der Waals surface area contributed by atoms with Gasteiger partial charge in [-0.2, -0.15) is 5.26 Å². The molecule has 2 rings (SSSR count). The molecule has 10 heavy (non-hydrogen) atoms. The molecule has 0 aromatic heterocycles. The predicted octanol–water partition coefficient (Wildman–Crippen LogP) is 1.33. The number of ether oxygens (including phenoxy) is 1. The maximum Gasteiger partial charge on any atom is 0.0850 e. The Bertz CT molecular complexity index is 169. The van der Waals surface area contributed by atoms with Gasteiger partial charge in [0, 0.05) is 5.92 Å². The maximum absolute atomic E-state index is 8.71. The highest BCUT2D eigenvalue weighted by atomic mass is 16.6. The summed E-state index contributed by atoms with van der Waals surface area (Å²) in [5.41, 5.74) is 0. The van der Waals surface area contributed by atoms with Gasteiger partial charge in [0.1, 0.15) is 0 Å². The Morgan fingerprint density at radius 2 is 2.20 bits per heavy atom. The van der Waals surface area contributed by atoms with Crippen LogP contribution in [-0.2, 0) is 4.74 Å². The Hall–Kier alpha value is -0.550. The lowest BCUT2D eigenvalue weighted by Crippen LogP contribution is -2.11. The number of nitrogens with zero attached hydrogens (tertiary/aromatic N) is 1. The third-order valence-corrected chi connectivity index (χ3v) is 2.57. The van der Waals surface area contributed by atoms with E-state index in [1.165, 1.54) is 12.8 Å². The van der Waals surface area contributed by atoms with Crippen LogP contribution in [0.25, 0.3) is 0 Å². The highest BCUT2D eigenvalue weighted by Gasteiger charge is 2.40. The molecular weight excluding hydrogens is 126 g/mol. The van der Waals surface area contributed by atoms with Gasteiger partial charge in [0.15, 0.2) is 0 Å². The van der Waals surface area contributed by atoms with Gasteiger partial charge in [-0.3, -0.25) is 0 Å². The zero-order chi connectivity index (χ0) is 6.97. The van der Waals surface area contributed by atoms with Crippen molar-refractivity contribution >= 4 is 0 Å². The number of hydrogen-bond donors (Lipinski definition) is 0. The summed E-state index contributed by atoms with van der Waals surface area (Å²) in [4.78, 5) is 0. The van der Waals surface area contributed by atoms with Crippen molar-refractivity contribution in [1.29, 1.82) is 5.26 Å². The lowest BCUT2D eigenvalue weighted by molar-refractivity contribution is 0.306. The fourth-order valence-electron chi connectivity index (χ4n) is 1.90. The zero-order valence-electron chi connectivity index (χ0n) is 5.92. The summed E-state index contributed by atoms with van der Waals surface area (Å²) in [5, 5.41) is 8.71. The molecule has 2 nitrogen and oxygen atoms in total. The van der Waals surface area contributed by atoms with E-state index in [-0.39, 0.29) is 0 Å². The van der Waals surface area contributed by atoms with E-state index in [1.54, 1.807) is 0 Å². The number of epoxide rings is 1. The lowest BCUT2D eigenvalue weighted by Gasteiger charge is -2.07. The molecule has 2 aliphatic rings. The van der Waals surface area contributed by atoms with Crippen LogP contribution in [0.2, 0.25) is 0 Å². The first-order valence-electron chi connectivity index (χ1n) is 3.93. The van der Waals surface area contributed by atoms with Gasteiger partial charge in [0.05, 0.1) is 24.7 Å². The van der Waals surface area contributed by atoms with E-state index in [0.717, 1.165) is 13.0 Å². The molecule has 0 amide bonds. The molecule has 0 aromatic carbocycles. The third kappa shape index (κ3) is 0.911. The van der Waals surface area contributed by atoms with E-state index in [2.05, 4.69) is 6.07 Å². The number of nitriles is 1. The predicted molar refractivity (Wildman–Crippen MR) is 36.2 cm³/mol. The second-order valence-electron chi connectivity index (χ2n) is 3.20. The second-order valence-corrected chi connectivity index (χ2v) is 3.20. The molecule has 1 heterocycles. The molecule has 0 bridgehead atoms. The quantitative estimate of drug-likeness (QED) is 0.511. The van der Waals surface area contributed by atoms with Crippen LogP contribution >= 0.6 is 0 Å². The maximum atomic E-state index is 8.71. The molecule has 3 atom stereocenters.